The van der Waals surface area contributed by atoms with E-state index in [0.717, 1.165) is 12.1 Å². The van der Waals surface area contributed by atoms with E-state index in [1.807, 2.05) is 0 Å². The number of sulfonamides is 1. The van der Waals surface area contributed by atoms with E-state index in [2.05, 4.69) is 36.0 Å². The topological polar surface area (TPSA) is 78.5 Å². The molecule has 0 saturated carbocycles. The van der Waals surface area contributed by atoms with Gasteiger partial charge in [-0.2, -0.15) is 0 Å². The first-order valence-corrected chi connectivity index (χ1v) is 11.4. The second-order valence-corrected chi connectivity index (χ2v) is 10.5. The minimum atomic E-state index is -3.27. The largest absolute Gasteiger partial charge is 0.324 e. The quantitative estimate of drug-likeness (QED) is 0.823. The summed E-state index contributed by atoms with van der Waals surface area (Å²) in [6.45, 7) is 8.82. The normalized spacial score (nSPS) is 20.8. The van der Waals surface area contributed by atoms with E-state index in [1.54, 1.807) is 18.7 Å². The Morgan fingerprint density at radius 3 is 2.48 bits per heavy atom. The predicted molar refractivity (Wildman–Crippen MR) is 109 cm³/mol. The summed E-state index contributed by atoms with van der Waals surface area (Å²) >= 11 is 0. The van der Waals surface area contributed by atoms with Gasteiger partial charge in [-0.1, -0.05) is 6.92 Å². The molecule has 150 valence electrons. The van der Waals surface area contributed by atoms with Crippen LogP contribution in [0.25, 0.3) is 0 Å². The molecule has 2 N–H and O–H groups in total. The van der Waals surface area contributed by atoms with Gasteiger partial charge in [0.1, 0.15) is 0 Å². The lowest BCUT2D eigenvalue weighted by Crippen LogP contribution is -2.48. The van der Waals surface area contributed by atoms with Crippen LogP contribution >= 0.6 is 0 Å². The molecule has 1 aromatic rings. The van der Waals surface area contributed by atoms with Gasteiger partial charge >= 0.3 is 6.03 Å². The first-order chi connectivity index (χ1) is 12.7. The lowest BCUT2D eigenvalue weighted by Gasteiger charge is -2.32. The summed E-state index contributed by atoms with van der Waals surface area (Å²) in [5.74, 6) is 0.596. The Hall–Kier alpha value is -1.60. The molecule has 0 aromatic heterocycles. The summed E-state index contributed by atoms with van der Waals surface area (Å²) in [5, 5.41) is 2.59. The van der Waals surface area contributed by atoms with Crippen LogP contribution in [-0.2, 0) is 16.4 Å². The van der Waals surface area contributed by atoms with Gasteiger partial charge in [-0.3, -0.25) is 0 Å². The summed E-state index contributed by atoms with van der Waals surface area (Å²) in [7, 11) is -3.27. The number of piperidine rings is 1. The molecule has 1 aliphatic carbocycles. The van der Waals surface area contributed by atoms with E-state index in [9.17, 15) is 13.2 Å². The van der Waals surface area contributed by atoms with Gasteiger partial charge in [-0.25, -0.2) is 17.9 Å². The van der Waals surface area contributed by atoms with E-state index < -0.39 is 15.3 Å². The van der Waals surface area contributed by atoms with Gasteiger partial charge in [-0.05, 0) is 81.2 Å². The monoisotopic (exact) mass is 393 g/mol. The number of benzene rings is 1. The fourth-order valence-corrected chi connectivity index (χ4v) is 5.12. The number of amides is 2. The predicted octanol–water partition coefficient (Wildman–Crippen LogP) is 3.37. The van der Waals surface area contributed by atoms with Gasteiger partial charge in [-0.15, -0.1) is 0 Å². The zero-order valence-electron chi connectivity index (χ0n) is 16.7. The number of nitrogens with one attached hydrogen (secondary N) is 2. The van der Waals surface area contributed by atoms with Crippen LogP contribution < -0.4 is 10.0 Å². The summed E-state index contributed by atoms with van der Waals surface area (Å²) in [5.41, 5.74) is 4.88. The van der Waals surface area contributed by atoms with Crippen LogP contribution in [0.2, 0.25) is 0 Å². The van der Waals surface area contributed by atoms with Crippen LogP contribution in [-0.4, -0.2) is 43.7 Å². The fourth-order valence-electron chi connectivity index (χ4n) is 4.14. The van der Waals surface area contributed by atoms with Crippen molar-refractivity contribution in [1.82, 2.24) is 9.62 Å². The van der Waals surface area contributed by atoms with Gasteiger partial charge in [0.2, 0.25) is 10.0 Å². The number of nitrogens with zero attached hydrogens (tertiary/aromatic N) is 1. The maximum atomic E-state index is 12.6. The van der Waals surface area contributed by atoms with Crippen molar-refractivity contribution < 1.29 is 13.2 Å². The third-order valence-corrected chi connectivity index (χ3v) is 7.70. The lowest BCUT2D eigenvalue weighted by atomic mass is 9.97. The number of carbonyl (C=O) groups excluding carboxylic acids is 1. The van der Waals surface area contributed by atoms with Crippen molar-refractivity contribution in [2.45, 2.75) is 70.6 Å². The number of rotatable bonds is 4. The fraction of sp³-hybridized carbons (Fsp3) is 0.650. The highest BCUT2D eigenvalue weighted by molar-refractivity contribution is 7.90. The van der Waals surface area contributed by atoms with Crippen LogP contribution in [0.3, 0.4) is 0 Å². The number of anilines is 1. The van der Waals surface area contributed by atoms with E-state index in [4.69, 9.17) is 0 Å². The molecule has 0 radical (unpaired) electrons. The SMILES string of the molecule is Cc1cc(NC(=O)N2CCC(NS(=O)(=O)C(C)C)CC2)cc2c1C(C)CC2. The second kappa shape index (κ2) is 7.80. The molecule has 0 bridgehead atoms. The van der Waals surface area contributed by atoms with Crippen molar-refractivity contribution in [3.05, 3.63) is 28.8 Å². The zero-order valence-corrected chi connectivity index (χ0v) is 17.5. The Labute approximate surface area is 162 Å². The number of hydrogen-bond acceptors (Lipinski definition) is 3. The number of fused-ring (bicyclic) bond motifs is 1. The Morgan fingerprint density at radius 1 is 1.19 bits per heavy atom. The Morgan fingerprint density at radius 2 is 1.85 bits per heavy atom. The molecular weight excluding hydrogens is 362 g/mol. The van der Waals surface area contributed by atoms with Crippen molar-refractivity contribution in [2.75, 3.05) is 18.4 Å². The molecule has 1 aliphatic heterocycles. The van der Waals surface area contributed by atoms with Crippen molar-refractivity contribution in [1.29, 1.82) is 0 Å². The molecule has 1 unspecified atom stereocenters. The van der Waals surface area contributed by atoms with Crippen LogP contribution in [0, 0.1) is 6.92 Å². The van der Waals surface area contributed by atoms with Crippen molar-refractivity contribution in [3.63, 3.8) is 0 Å². The molecule has 1 atom stereocenters. The molecule has 27 heavy (non-hydrogen) atoms. The summed E-state index contributed by atoms with van der Waals surface area (Å²) in [6.07, 6.45) is 3.52. The van der Waals surface area contributed by atoms with Crippen LogP contribution in [0.1, 0.15) is 62.6 Å². The summed E-state index contributed by atoms with van der Waals surface area (Å²) < 4.78 is 26.8. The average Bonchev–Trinajstić information content (AvgIpc) is 2.96. The molecule has 0 spiro atoms. The highest BCUT2D eigenvalue weighted by atomic mass is 32.2. The third-order valence-electron chi connectivity index (χ3n) is 5.80. The maximum absolute atomic E-state index is 12.6. The first-order valence-electron chi connectivity index (χ1n) is 9.88. The molecule has 1 heterocycles. The van der Waals surface area contributed by atoms with Crippen molar-refractivity contribution in [2.24, 2.45) is 0 Å². The Kier molecular flexibility index (Phi) is 5.82. The lowest BCUT2D eigenvalue weighted by molar-refractivity contribution is 0.193. The van der Waals surface area contributed by atoms with Crippen LogP contribution in [0.15, 0.2) is 12.1 Å². The molecule has 3 rings (SSSR count). The number of likely N-dealkylation sites (tertiary alicyclic amines) is 1. The molecule has 7 heteroatoms. The molecule has 1 aromatic carbocycles. The molecule has 1 saturated heterocycles. The number of hydrogen-bond donors (Lipinski definition) is 2. The minimum absolute atomic E-state index is 0.0924. The zero-order chi connectivity index (χ0) is 19.8. The van der Waals surface area contributed by atoms with E-state index in [0.29, 0.717) is 31.8 Å². The highest BCUT2D eigenvalue weighted by Crippen LogP contribution is 2.37. The van der Waals surface area contributed by atoms with E-state index in [1.165, 1.54) is 23.1 Å². The van der Waals surface area contributed by atoms with Gasteiger partial charge < -0.3 is 10.2 Å². The third kappa shape index (κ3) is 4.46. The average molecular weight is 394 g/mol. The molecular formula is C20H31N3O3S. The summed E-state index contributed by atoms with van der Waals surface area (Å²) in [4.78, 5) is 14.4. The molecule has 6 nitrogen and oxygen atoms in total. The van der Waals surface area contributed by atoms with E-state index >= 15 is 0 Å². The number of aryl methyl sites for hydroxylation is 2. The van der Waals surface area contributed by atoms with Gasteiger partial charge in [0.05, 0.1) is 5.25 Å². The maximum Gasteiger partial charge on any atom is 0.321 e. The van der Waals surface area contributed by atoms with Crippen LogP contribution in [0.5, 0.6) is 0 Å². The number of carbonyl (C=O) groups is 1. The van der Waals surface area contributed by atoms with Gasteiger partial charge in [0, 0.05) is 24.8 Å². The van der Waals surface area contributed by atoms with Crippen LogP contribution in [0.4, 0.5) is 10.5 Å². The minimum Gasteiger partial charge on any atom is -0.324 e. The molecule has 2 aliphatic rings. The standard InChI is InChI=1S/C20H31N3O3S/c1-13(2)27(25,26)22-17-7-9-23(10-8-17)20(24)21-18-11-15(4)19-14(3)5-6-16(19)12-18/h11-14,17,22H,5-10H2,1-4H3,(H,21,24). The van der Waals surface area contributed by atoms with Crippen molar-refractivity contribution in [3.8, 4) is 0 Å². The first kappa shape index (κ1) is 20.1. The van der Waals surface area contributed by atoms with E-state index in [-0.39, 0.29) is 12.1 Å². The van der Waals surface area contributed by atoms with Crippen molar-refractivity contribution >= 4 is 21.7 Å². The second-order valence-electron chi connectivity index (χ2n) is 8.21. The number of urea groups is 1. The smallest absolute Gasteiger partial charge is 0.321 e. The molecule has 1 fully saturated rings. The molecule has 2 amide bonds. The highest BCUT2D eigenvalue weighted by Gasteiger charge is 2.28. The van der Waals surface area contributed by atoms with Gasteiger partial charge in [0.25, 0.3) is 0 Å². The summed E-state index contributed by atoms with van der Waals surface area (Å²) in [6, 6.07) is 3.96. The van der Waals surface area contributed by atoms with Gasteiger partial charge in [0.15, 0.2) is 0 Å². The Balaban J connectivity index is 1.57. The Bertz CT molecular complexity index is 812.